The summed E-state index contributed by atoms with van der Waals surface area (Å²) in [5.41, 5.74) is 0.671. The van der Waals surface area contributed by atoms with Crippen LogP contribution in [0.3, 0.4) is 0 Å². The molecule has 0 saturated carbocycles. The van der Waals surface area contributed by atoms with Gasteiger partial charge in [0, 0.05) is 44.4 Å². The fourth-order valence-corrected chi connectivity index (χ4v) is 5.39. The molecule has 2 atom stereocenters. The number of rotatable bonds is 7. The molecule has 3 aromatic rings. The van der Waals surface area contributed by atoms with E-state index in [-0.39, 0.29) is 34.7 Å². The monoisotopic (exact) mass is 533 g/mol. The van der Waals surface area contributed by atoms with Crippen molar-refractivity contribution in [1.82, 2.24) is 18.8 Å². The average molecular weight is 534 g/mol. The number of hydrogen-bond donors (Lipinski definition) is 1. The number of alkyl halides is 3. The van der Waals surface area contributed by atoms with E-state index in [9.17, 15) is 26.0 Å². The summed E-state index contributed by atoms with van der Waals surface area (Å²) in [5.74, 6) is -0.956. The smallest absolute Gasteiger partial charge is 0.422 e. The SMILES string of the molecule is Cn1cnc(S(=O)(=O)N2C[C@H](Nc3cc(OCC(F)(F)F)c(Cl)cn3)[C@@H](c3ccc(F)cc3)C2)c1. The first-order valence-corrected chi connectivity index (χ1v) is 12.1. The zero-order chi connectivity index (χ0) is 25.4. The van der Waals surface area contributed by atoms with Crippen molar-refractivity contribution in [3.63, 3.8) is 0 Å². The van der Waals surface area contributed by atoms with E-state index in [1.165, 1.54) is 39.6 Å². The molecule has 8 nitrogen and oxygen atoms in total. The topological polar surface area (TPSA) is 89.4 Å². The summed E-state index contributed by atoms with van der Waals surface area (Å²) in [6.07, 6.45) is -0.663. The van der Waals surface area contributed by atoms with Crippen LogP contribution in [0.4, 0.5) is 23.4 Å². The minimum absolute atomic E-state index is 0.00397. The first kappa shape index (κ1) is 25.2. The molecule has 1 aliphatic rings. The van der Waals surface area contributed by atoms with Crippen molar-refractivity contribution in [2.75, 3.05) is 25.0 Å². The number of nitrogens with one attached hydrogen (secondary N) is 1. The summed E-state index contributed by atoms with van der Waals surface area (Å²) < 4.78 is 85.1. The predicted octanol–water partition coefficient (Wildman–Crippen LogP) is 3.82. The third-order valence-electron chi connectivity index (χ3n) is 5.41. The number of aromatic nitrogens is 3. The van der Waals surface area contributed by atoms with E-state index in [0.29, 0.717) is 5.56 Å². The lowest BCUT2D eigenvalue weighted by molar-refractivity contribution is -0.153. The molecule has 1 N–H and O–H groups in total. The molecule has 188 valence electrons. The Kier molecular flexibility index (Phi) is 6.93. The summed E-state index contributed by atoms with van der Waals surface area (Å²) in [5, 5.41) is 2.84. The lowest BCUT2D eigenvalue weighted by Gasteiger charge is -2.21. The number of hydrogen-bond acceptors (Lipinski definition) is 6. The van der Waals surface area contributed by atoms with Crippen LogP contribution in [0.1, 0.15) is 11.5 Å². The minimum atomic E-state index is -4.56. The summed E-state index contributed by atoms with van der Waals surface area (Å²) in [4.78, 5) is 8.03. The molecule has 0 unspecified atom stereocenters. The van der Waals surface area contributed by atoms with E-state index in [2.05, 4.69) is 15.3 Å². The number of ether oxygens (including phenoxy) is 1. The van der Waals surface area contributed by atoms with Crippen LogP contribution < -0.4 is 10.1 Å². The number of nitrogens with zero attached hydrogens (tertiary/aromatic N) is 4. The van der Waals surface area contributed by atoms with Gasteiger partial charge in [0.2, 0.25) is 0 Å². The molecule has 0 bridgehead atoms. The van der Waals surface area contributed by atoms with Gasteiger partial charge in [-0.1, -0.05) is 23.7 Å². The molecule has 0 radical (unpaired) electrons. The van der Waals surface area contributed by atoms with Gasteiger partial charge in [-0.15, -0.1) is 0 Å². The Morgan fingerprint density at radius 1 is 1.20 bits per heavy atom. The lowest BCUT2D eigenvalue weighted by atomic mass is 9.94. The first-order chi connectivity index (χ1) is 16.4. The van der Waals surface area contributed by atoms with Gasteiger partial charge < -0.3 is 14.6 Å². The van der Waals surface area contributed by atoms with E-state index in [1.807, 2.05) is 0 Å². The van der Waals surface area contributed by atoms with Crippen LogP contribution in [-0.4, -0.2) is 59.2 Å². The number of imidazole rings is 1. The highest BCUT2D eigenvalue weighted by Crippen LogP contribution is 2.34. The van der Waals surface area contributed by atoms with E-state index < -0.39 is 40.6 Å². The van der Waals surface area contributed by atoms with Gasteiger partial charge in [0.05, 0.1) is 12.5 Å². The highest BCUT2D eigenvalue weighted by Gasteiger charge is 2.41. The molecule has 2 aromatic heterocycles. The van der Waals surface area contributed by atoms with Crippen molar-refractivity contribution in [2.45, 2.75) is 23.2 Å². The number of aryl methyl sites for hydroxylation is 1. The number of sulfonamides is 1. The Labute approximate surface area is 203 Å². The largest absolute Gasteiger partial charge is 0.482 e. The fraction of sp³-hybridized carbons (Fsp3) is 0.333. The Morgan fingerprint density at radius 3 is 2.54 bits per heavy atom. The summed E-state index contributed by atoms with van der Waals surface area (Å²) >= 11 is 5.92. The van der Waals surface area contributed by atoms with Crippen molar-refractivity contribution >= 4 is 27.4 Å². The number of anilines is 1. The van der Waals surface area contributed by atoms with Crippen molar-refractivity contribution in [3.05, 3.63) is 65.5 Å². The molecule has 3 heterocycles. The molecule has 0 aliphatic carbocycles. The maximum absolute atomic E-state index is 13.5. The molecule has 14 heteroatoms. The van der Waals surface area contributed by atoms with Gasteiger partial charge >= 0.3 is 6.18 Å². The second-order valence-corrected chi connectivity index (χ2v) is 10.3. The molecule has 1 aliphatic heterocycles. The molecule has 35 heavy (non-hydrogen) atoms. The van der Waals surface area contributed by atoms with Crippen LogP contribution in [-0.2, 0) is 17.1 Å². The molecular weight excluding hydrogens is 514 g/mol. The zero-order valence-electron chi connectivity index (χ0n) is 18.2. The zero-order valence-corrected chi connectivity index (χ0v) is 19.8. The lowest BCUT2D eigenvalue weighted by Crippen LogP contribution is -2.32. The van der Waals surface area contributed by atoms with Gasteiger partial charge in [0.25, 0.3) is 10.0 Å². The molecule has 1 aromatic carbocycles. The maximum atomic E-state index is 13.5. The van der Waals surface area contributed by atoms with Gasteiger partial charge in [-0.3, -0.25) is 0 Å². The average Bonchev–Trinajstić information content (AvgIpc) is 3.41. The van der Waals surface area contributed by atoms with E-state index in [1.54, 1.807) is 19.2 Å². The summed E-state index contributed by atoms with van der Waals surface area (Å²) in [6.45, 7) is -1.47. The molecule has 4 rings (SSSR count). The maximum Gasteiger partial charge on any atom is 0.422 e. The Bertz CT molecular complexity index is 1300. The molecule has 1 saturated heterocycles. The number of halogens is 5. The van der Waals surface area contributed by atoms with Crippen LogP contribution in [0.2, 0.25) is 5.02 Å². The molecule has 0 spiro atoms. The molecule has 1 fully saturated rings. The second kappa shape index (κ2) is 9.63. The van der Waals surface area contributed by atoms with Crippen LogP contribution in [0.15, 0.2) is 54.1 Å². The third kappa shape index (κ3) is 5.85. The van der Waals surface area contributed by atoms with Crippen molar-refractivity contribution < 1.29 is 30.7 Å². The second-order valence-electron chi connectivity index (χ2n) is 8.01. The fourth-order valence-electron chi connectivity index (χ4n) is 3.77. The normalized spacial score (nSPS) is 19.1. The van der Waals surface area contributed by atoms with E-state index in [4.69, 9.17) is 16.3 Å². The highest BCUT2D eigenvalue weighted by molar-refractivity contribution is 7.89. The van der Waals surface area contributed by atoms with Crippen molar-refractivity contribution in [2.24, 2.45) is 7.05 Å². The minimum Gasteiger partial charge on any atom is -0.482 e. The summed E-state index contributed by atoms with van der Waals surface area (Å²) in [6, 6.07) is 6.31. The van der Waals surface area contributed by atoms with Crippen LogP contribution >= 0.6 is 11.6 Å². The van der Waals surface area contributed by atoms with Crippen molar-refractivity contribution in [3.8, 4) is 5.75 Å². The Balaban J connectivity index is 1.61. The van der Waals surface area contributed by atoms with Gasteiger partial charge in [-0.05, 0) is 17.7 Å². The first-order valence-electron chi connectivity index (χ1n) is 10.3. The highest BCUT2D eigenvalue weighted by atomic mass is 35.5. The quantitative estimate of drug-likeness (QED) is 0.465. The van der Waals surface area contributed by atoms with Gasteiger partial charge in [-0.25, -0.2) is 22.8 Å². The Hall–Kier alpha value is -2.90. The standard InChI is InChI=1S/C21H20ClF4N5O3S/c1-30-10-20(28-12-30)35(32,33)31-8-15(13-2-4-14(23)5-3-13)17(9-31)29-19-6-18(16(22)7-27-19)34-11-21(24,25)26/h2-7,10,12,15,17H,8-9,11H2,1H3,(H,27,29)/t15-,17+/m1/s1. The molecule has 0 amide bonds. The number of pyridine rings is 1. The number of benzene rings is 1. The third-order valence-corrected chi connectivity index (χ3v) is 7.42. The van der Waals surface area contributed by atoms with Gasteiger partial charge in [0.1, 0.15) is 22.4 Å². The predicted molar refractivity (Wildman–Crippen MR) is 119 cm³/mol. The van der Waals surface area contributed by atoms with Crippen LogP contribution in [0.25, 0.3) is 0 Å². The van der Waals surface area contributed by atoms with Gasteiger partial charge in [-0.2, -0.15) is 17.5 Å². The van der Waals surface area contributed by atoms with Crippen LogP contribution in [0, 0.1) is 5.82 Å². The van der Waals surface area contributed by atoms with Gasteiger partial charge in [0.15, 0.2) is 11.6 Å². The Morgan fingerprint density at radius 2 is 1.91 bits per heavy atom. The van der Waals surface area contributed by atoms with E-state index in [0.717, 1.165) is 6.20 Å². The molecular formula is C21H20ClF4N5O3S. The van der Waals surface area contributed by atoms with E-state index >= 15 is 0 Å². The van der Waals surface area contributed by atoms with Crippen LogP contribution in [0.5, 0.6) is 5.75 Å². The van der Waals surface area contributed by atoms with Crippen molar-refractivity contribution in [1.29, 1.82) is 0 Å². The summed E-state index contributed by atoms with van der Waals surface area (Å²) in [7, 11) is -2.29.